The molecule has 2 aliphatic rings. The molecule has 2 saturated heterocycles. The number of nitrogens with zero attached hydrogens (tertiary/aromatic N) is 2. The number of urea groups is 1. The van der Waals surface area contributed by atoms with Gasteiger partial charge in [-0.1, -0.05) is 0 Å². The van der Waals surface area contributed by atoms with Crippen LogP contribution in [0.5, 0.6) is 0 Å². The van der Waals surface area contributed by atoms with Crippen LogP contribution in [-0.2, 0) is 4.79 Å². The highest BCUT2D eigenvalue weighted by Gasteiger charge is 2.33. The van der Waals surface area contributed by atoms with Crippen molar-refractivity contribution < 1.29 is 18.9 Å². The van der Waals surface area contributed by atoms with Crippen molar-refractivity contribution in [1.82, 2.24) is 10.2 Å². The molecular weight excluding hydrogens is 311 g/mol. The number of piperazine rings is 1. The summed E-state index contributed by atoms with van der Waals surface area (Å²) in [6.07, 6.45) is 0.281. The fraction of sp³-hybridized carbons (Fsp3) is 0.529. The van der Waals surface area contributed by atoms with Gasteiger partial charge in [0.1, 0.15) is 5.82 Å². The quantitative estimate of drug-likeness (QED) is 0.808. The summed E-state index contributed by atoms with van der Waals surface area (Å²) in [5, 5.41) is 2.96. The minimum absolute atomic E-state index is 0.0489. The second kappa shape index (κ2) is 7.17. The van der Waals surface area contributed by atoms with Gasteiger partial charge in [0, 0.05) is 18.7 Å². The zero-order valence-corrected chi connectivity index (χ0v) is 13.9. The van der Waals surface area contributed by atoms with Gasteiger partial charge in [-0.2, -0.15) is 0 Å². The molecule has 2 aliphatic heterocycles. The number of hydrogen-bond donors (Lipinski definition) is 2. The van der Waals surface area contributed by atoms with E-state index in [1.54, 1.807) is 17.0 Å². The molecule has 1 aromatic rings. The van der Waals surface area contributed by atoms with Crippen LogP contribution in [0.2, 0.25) is 0 Å². The molecule has 0 radical (unpaired) electrons. The summed E-state index contributed by atoms with van der Waals surface area (Å²) in [5.74, 6) is -0.379. The normalized spacial score (nSPS) is 22.1. The molecule has 3 rings (SSSR count). The molecule has 2 N–H and O–H groups in total. The Morgan fingerprint density at radius 3 is 2.58 bits per heavy atom. The lowest BCUT2D eigenvalue weighted by Gasteiger charge is -2.32. The largest absolute Gasteiger partial charge is 0.333 e. The van der Waals surface area contributed by atoms with Crippen molar-refractivity contribution in [1.29, 1.82) is 0 Å². The van der Waals surface area contributed by atoms with Gasteiger partial charge in [0.2, 0.25) is 5.91 Å². The van der Waals surface area contributed by atoms with Crippen molar-refractivity contribution in [2.24, 2.45) is 0 Å². The van der Waals surface area contributed by atoms with Gasteiger partial charge in [-0.25, -0.2) is 9.18 Å². The van der Waals surface area contributed by atoms with Crippen LogP contribution >= 0.6 is 0 Å². The Labute approximate surface area is 141 Å². The maximum atomic E-state index is 13.0. The Bertz CT molecular complexity index is 599. The van der Waals surface area contributed by atoms with E-state index in [1.807, 2.05) is 4.90 Å². The average Bonchev–Trinajstić information content (AvgIpc) is 2.96. The standard InChI is InChI=1S/C17H23FN4O2/c1-2-20-7-9-21(10-8-20)17(24)19-14-11-16(23)22(12-14)15-5-3-13(18)4-6-15/h3-6,14H,2,7-12H2,1H3,(H,19,24)/p+1/t14-/m0/s1. The minimum Gasteiger partial charge on any atom is -0.333 e. The molecule has 0 unspecified atom stereocenters. The number of halogens is 1. The second-order valence-corrected chi connectivity index (χ2v) is 6.42. The van der Waals surface area contributed by atoms with E-state index < -0.39 is 0 Å². The molecule has 130 valence electrons. The molecule has 2 fully saturated rings. The SMILES string of the molecule is CC[NH+]1CCN(C(=O)N[C@H]2CC(=O)N(c3ccc(F)cc3)C2)CC1. The lowest BCUT2D eigenvalue weighted by molar-refractivity contribution is -0.902. The van der Waals surface area contributed by atoms with E-state index in [-0.39, 0.29) is 30.2 Å². The van der Waals surface area contributed by atoms with E-state index in [4.69, 9.17) is 0 Å². The van der Waals surface area contributed by atoms with Crippen LogP contribution in [0, 0.1) is 5.82 Å². The maximum absolute atomic E-state index is 13.0. The number of likely N-dealkylation sites (N-methyl/N-ethyl adjacent to an activating group) is 1. The number of benzene rings is 1. The summed E-state index contributed by atoms with van der Waals surface area (Å²) in [5.41, 5.74) is 0.665. The molecule has 1 aromatic carbocycles. The van der Waals surface area contributed by atoms with Gasteiger partial charge in [-0.3, -0.25) is 4.79 Å². The first kappa shape index (κ1) is 16.7. The molecule has 0 aliphatic carbocycles. The zero-order chi connectivity index (χ0) is 17.1. The van der Waals surface area contributed by atoms with Gasteiger partial charge in [0.25, 0.3) is 0 Å². The number of nitrogens with one attached hydrogen (secondary N) is 2. The molecule has 3 amide bonds. The third-order valence-electron chi connectivity index (χ3n) is 4.85. The Morgan fingerprint density at radius 2 is 1.96 bits per heavy atom. The van der Waals surface area contributed by atoms with Crippen molar-refractivity contribution in [2.45, 2.75) is 19.4 Å². The first-order chi connectivity index (χ1) is 11.6. The number of rotatable bonds is 3. The predicted octanol–water partition coefficient (Wildman–Crippen LogP) is -0.139. The Kier molecular flexibility index (Phi) is 4.99. The fourth-order valence-electron chi connectivity index (χ4n) is 3.32. The van der Waals surface area contributed by atoms with Crippen molar-refractivity contribution in [3.63, 3.8) is 0 Å². The van der Waals surface area contributed by atoms with Gasteiger partial charge >= 0.3 is 6.03 Å². The summed E-state index contributed by atoms with van der Waals surface area (Å²) in [7, 11) is 0. The van der Waals surface area contributed by atoms with Crippen molar-refractivity contribution in [3.8, 4) is 0 Å². The summed E-state index contributed by atoms with van der Waals surface area (Å²) in [6, 6.07) is 5.55. The van der Waals surface area contributed by atoms with Crippen molar-refractivity contribution in [2.75, 3.05) is 44.2 Å². The third-order valence-corrected chi connectivity index (χ3v) is 4.85. The van der Waals surface area contributed by atoms with Crippen molar-refractivity contribution >= 4 is 17.6 Å². The smallest absolute Gasteiger partial charge is 0.318 e. The summed E-state index contributed by atoms with van der Waals surface area (Å²) in [6.45, 7) is 7.09. The summed E-state index contributed by atoms with van der Waals surface area (Å²) in [4.78, 5) is 29.5. The van der Waals surface area contributed by atoms with E-state index in [1.165, 1.54) is 17.0 Å². The highest BCUT2D eigenvalue weighted by Crippen LogP contribution is 2.21. The molecule has 2 heterocycles. The molecule has 7 heteroatoms. The molecule has 6 nitrogen and oxygen atoms in total. The van der Waals surface area contributed by atoms with Crippen LogP contribution < -0.4 is 15.1 Å². The van der Waals surface area contributed by atoms with Crippen LogP contribution in [0.1, 0.15) is 13.3 Å². The highest BCUT2D eigenvalue weighted by molar-refractivity contribution is 5.96. The summed E-state index contributed by atoms with van der Waals surface area (Å²) < 4.78 is 13.0. The van der Waals surface area contributed by atoms with E-state index in [2.05, 4.69) is 12.2 Å². The molecule has 0 bridgehead atoms. The van der Waals surface area contributed by atoms with Crippen LogP contribution in [0.15, 0.2) is 24.3 Å². The lowest BCUT2D eigenvalue weighted by atomic mass is 10.2. The second-order valence-electron chi connectivity index (χ2n) is 6.42. The number of anilines is 1. The van der Waals surface area contributed by atoms with E-state index >= 15 is 0 Å². The Morgan fingerprint density at radius 1 is 1.29 bits per heavy atom. The fourth-order valence-corrected chi connectivity index (χ4v) is 3.32. The van der Waals surface area contributed by atoms with E-state index in [9.17, 15) is 14.0 Å². The molecule has 24 heavy (non-hydrogen) atoms. The minimum atomic E-state index is -0.330. The predicted molar refractivity (Wildman–Crippen MR) is 88.5 cm³/mol. The molecule has 1 atom stereocenters. The zero-order valence-electron chi connectivity index (χ0n) is 13.9. The first-order valence-electron chi connectivity index (χ1n) is 8.51. The Balaban J connectivity index is 1.54. The molecular formula is C17H24FN4O2+. The van der Waals surface area contributed by atoms with Crippen LogP contribution in [0.3, 0.4) is 0 Å². The number of carbonyl (C=O) groups is 2. The van der Waals surface area contributed by atoms with Crippen LogP contribution in [0.4, 0.5) is 14.9 Å². The average molecular weight is 335 g/mol. The van der Waals surface area contributed by atoms with Crippen LogP contribution in [0.25, 0.3) is 0 Å². The Hall–Kier alpha value is -2.15. The van der Waals surface area contributed by atoms with Gasteiger partial charge < -0.3 is 20.0 Å². The van der Waals surface area contributed by atoms with Crippen LogP contribution in [-0.4, -0.2) is 62.1 Å². The monoisotopic (exact) mass is 335 g/mol. The topological polar surface area (TPSA) is 57.1 Å². The van der Waals surface area contributed by atoms with Gasteiger partial charge in [0.05, 0.1) is 38.8 Å². The number of amides is 3. The number of carbonyl (C=O) groups excluding carboxylic acids is 2. The lowest BCUT2D eigenvalue weighted by Crippen LogP contribution is -3.14. The maximum Gasteiger partial charge on any atom is 0.318 e. The number of quaternary nitrogens is 1. The molecule has 0 saturated carbocycles. The van der Waals surface area contributed by atoms with Gasteiger partial charge in [0.15, 0.2) is 0 Å². The number of hydrogen-bond acceptors (Lipinski definition) is 2. The third kappa shape index (κ3) is 3.67. The van der Waals surface area contributed by atoms with Gasteiger partial charge in [-0.15, -0.1) is 0 Å². The van der Waals surface area contributed by atoms with Gasteiger partial charge in [-0.05, 0) is 31.2 Å². The van der Waals surface area contributed by atoms with Crippen molar-refractivity contribution in [3.05, 3.63) is 30.1 Å². The highest BCUT2D eigenvalue weighted by atomic mass is 19.1. The van der Waals surface area contributed by atoms with E-state index in [0.717, 1.165) is 32.7 Å². The molecule has 0 aromatic heterocycles. The van der Waals surface area contributed by atoms with E-state index in [0.29, 0.717) is 12.2 Å². The summed E-state index contributed by atoms with van der Waals surface area (Å²) >= 11 is 0. The molecule has 0 spiro atoms. The first-order valence-corrected chi connectivity index (χ1v) is 8.51.